The molecule has 1 N–H and O–H groups in total. The number of piperidine rings is 2. The zero-order valence-corrected chi connectivity index (χ0v) is 14.0. The van der Waals surface area contributed by atoms with Gasteiger partial charge >= 0.3 is 0 Å². The van der Waals surface area contributed by atoms with Gasteiger partial charge in [-0.1, -0.05) is 6.42 Å². The highest BCUT2D eigenvalue weighted by Gasteiger charge is 2.26. The minimum Gasteiger partial charge on any atom is -0.303 e. The number of likely N-dealkylation sites (tertiary alicyclic amines) is 1. The van der Waals surface area contributed by atoms with E-state index >= 15 is 0 Å². The van der Waals surface area contributed by atoms with E-state index in [0.29, 0.717) is 12.2 Å². The molecular formula is C18H27N5. The van der Waals surface area contributed by atoms with Crippen LogP contribution >= 0.6 is 0 Å². The lowest BCUT2D eigenvalue weighted by Crippen LogP contribution is -2.39. The second-order valence-electron chi connectivity index (χ2n) is 7.04. The Hall–Kier alpha value is -1.46. The molecule has 2 aromatic heterocycles. The molecular weight excluding hydrogens is 286 g/mol. The molecule has 2 aliphatic rings. The number of hydrogen-bond acceptors (Lipinski definition) is 4. The lowest BCUT2D eigenvalue weighted by molar-refractivity contribution is 0.179. The number of aromatic nitrogens is 3. The Morgan fingerprint density at radius 2 is 2.13 bits per heavy atom. The summed E-state index contributed by atoms with van der Waals surface area (Å²) in [5.41, 5.74) is 2.08. The zero-order valence-electron chi connectivity index (χ0n) is 14.0. The van der Waals surface area contributed by atoms with Crippen LogP contribution < -0.4 is 5.32 Å². The molecule has 0 amide bonds. The minimum absolute atomic E-state index is 0.354. The van der Waals surface area contributed by atoms with Crippen LogP contribution in [0.15, 0.2) is 18.3 Å². The summed E-state index contributed by atoms with van der Waals surface area (Å²) in [6, 6.07) is 4.70. The lowest BCUT2D eigenvalue weighted by Gasteiger charge is -2.33. The third-order valence-corrected chi connectivity index (χ3v) is 5.46. The number of imidazole rings is 1. The van der Waals surface area contributed by atoms with Crippen LogP contribution in [0.4, 0.5) is 0 Å². The molecule has 5 heteroatoms. The van der Waals surface area contributed by atoms with E-state index in [9.17, 15) is 0 Å². The Kier molecular flexibility index (Phi) is 4.31. The Morgan fingerprint density at radius 3 is 2.96 bits per heavy atom. The Labute approximate surface area is 138 Å². The second kappa shape index (κ2) is 6.57. The van der Waals surface area contributed by atoms with E-state index in [4.69, 9.17) is 4.98 Å². The summed E-state index contributed by atoms with van der Waals surface area (Å²) in [7, 11) is 2.26. The van der Waals surface area contributed by atoms with E-state index in [0.717, 1.165) is 24.1 Å². The van der Waals surface area contributed by atoms with Gasteiger partial charge in [0.15, 0.2) is 5.65 Å². The normalized spacial score (nSPS) is 26.7. The summed E-state index contributed by atoms with van der Waals surface area (Å²) in [5.74, 6) is 1.21. The topological polar surface area (TPSA) is 46.0 Å². The highest BCUT2D eigenvalue weighted by molar-refractivity contribution is 5.71. The molecule has 2 atom stereocenters. The molecule has 124 valence electrons. The molecule has 23 heavy (non-hydrogen) atoms. The number of pyridine rings is 1. The maximum atomic E-state index is 4.95. The van der Waals surface area contributed by atoms with Gasteiger partial charge in [-0.2, -0.15) is 0 Å². The van der Waals surface area contributed by atoms with Crippen molar-refractivity contribution < 1.29 is 0 Å². The van der Waals surface area contributed by atoms with Crippen molar-refractivity contribution in [2.45, 2.75) is 57.2 Å². The van der Waals surface area contributed by atoms with Crippen molar-refractivity contribution in [2.75, 3.05) is 20.1 Å². The van der Waals surface area contributed by atoms with Gasteiger partial charge in [0.05, 0.1) is 6.17 Å². The molecule has 0 aliphatic carbocycles. The van der Waals surface area contributed by atoms with Gasteiger partial charge < -0.3 is 4.90 Å². The fourth-order valence-electron chi connectivity index (χ4n) is 4.11. The molecule has 0 spiro atoms. The fourth-order valence-corrected chi connectivity index (χ4v) is 4.11. The molecule has 2 aromatic rings. The molecule has 2 saturated heterocycles. The predicted molar refractivity (Wildman–Crippen MR) is 92.4 cm³/mol. The molecule has 0 radical (unpaired) electrons. The Morgan fingerprint density at radius 1 is 1.22 bits per heavy atom. The third kappa shape index (κ3) is 3.00. The standard InChI is InChI=1S/C18H27N5/c1-22-12-5-3-7-14(22)13-17-21-15-8-6-11-20-18(15)23(17)16-9-2-4-10-19-16/h6,8,11,14,16,19H,2-5,7,9-10,12-13H2,1H3. The van der Waals surface area contributed by atoms with E-state index in [1.165, 1.54) is 50.9 Å². The molecule has 4 rings (SSSR count). The molecule has 0 saturated carbocycles. The summed E-state index contributed by atoms with van der Waals surface area (Å²) in [4.78, 5) is 12.1. The monoisotopic (exact) mass is 313 g/mol. The lowest BCUT2D eigenvalue weighted by atomic mass is 9.99. The smallest absolute Gasteiger partial charge is 0.161 e. The molecule has 2 aliphatic heterocycles. The van der Waals surface area contributed by atoms with Crippen molar-refractivity contribution in [2.24, 2.45) is 0 Å². The largest absolute Gasteiger partial charge is 0.303 e. The zero-order chi connectivity index (χ0) is 15.6. The summed E-state index contributed by atoms with van der Waals surface area (Å²) >= 11 is 0. The van der Waals surface area contributed by atoms with E-state index in [1.807, 2.05) is 12.3 Å². The van der Waals surface area contributed by atoms with Gasteiger partial charge in [-0.3, -0.25) is 9.88 Å². The Balaban J connectivity index is 1.69. The number of nitrogens with zero attached hydrogens (tertiary/aromatic N) is 4. The summed E-state index contributed by atoms with van der Waals surface area (Å²) in [6.45, 7) is 2.31. The molecule has 0 bridgehead atoms. The van der Waals surface area contributed by atoms with E-state index < -0.39 is 0 Å². The van der Waals surface area contributed by atoms with Crippen molar-refractivity contribution in [1.29, 1.82) is 0 Å². The average molecular weight is 313 g/mol. The van der Waals surface area contributed by atoms with Crippen molar-refractivity contribution in [3.05, 3.63) is 24.2 Å². The minimum atomic E-state index is 0.354. The van der Waals surface area contributed by atoms with E-state index in [2.05, 4.69) is 32.9 Å². The summed E-state index contributed by atoms with van der Waals surface area (Å²) in [6.07, 6.45) is 11.0. The number of hydrogen-bond donors (Lipinski definition) is 1. The van der Waals surface area contributed by atoms with Gasteiger partial charge in [-0.15, -0.1) is 0 Å². The van der Waals surface area contributed by atoms with Crippen molar-refractivity contribution in [3.8, 4) is 0 Å². The maximum Gasteiger partial charge on any atom is 0.161 e. The van der Waals surface area contributed by atoms with Gasteiger partial charge in [-0.25, -0.2) is 9.97 Å². The van der Waals surface area contributed by atoms with Crippen LogP contribution in [-0.2, 0) is 6.42 Å². The quantitative estimate of drug-likeness (QED) is 0.946. The molecule has 0 aromatic carbocycles. The van der Waals surface area contributed by atoms with Crippen LogP contribution in [0.25, 0.3) is 11.2 Å². The van der Waals surface area contributed by atoms with Crippen LogP contribution in [0.1, 0.15) is 50.5 Å². The SMILES string of the molecule is CN1CCCCC1Cc1nc2cccnc2n1C1CCCCN1. The van der Waals surface area contributed by atoms with Crippen molar-refractivity contribution in [1.82, 2.24) is 24.8 Å². The number of rotatable bonds is 3. The molecule has 5 nitrogen and oxygen atoms in total. The predicted octanol–water partition coefficient (Wildman–Crippen LogP) is 2.73. The molecule has 2 unspecified atom stereocenters. The number of nitrogens with one attached hydrogen (secondary N) is 1. The van der Waals surface area contributed by atoms with Gasteiger partial charge in [0.1, 0.15) is 11.3 Å². The second-order valence-corrected chi connectivity index (χ2v) is 7.04. The van der Waals surface area contributed by atoms with Crippen LogP contribution in [-0.4, -0.2) is 45.6 Å². The van der Waals surface area contributed by atoms with Crippen LogP contribution in [0, 0.1) is 0 Å². The first-order valence-corrected chi connectivity index (χ1v) is 9.08. The highest BCUT2D eigenvalue weighted by atomic mass is 15.3. The first kappa shape index (κ1) is 15.1. The maximum absolute atomic E-state index is 4.95. The average Bonchev–Trinajstić information content (AvgIpc) is 2.95. The molecule has 2 fully saturated rings. The van der Waals surface area contributed by atoms with Gasteiger partial charge in [0.25, 0.3) is 0 Å². The fraction of sp³-hybridized carbons (Fsp3) is 0.667. The molecule has 4 heterocycles. The van der Waals surface area contributed by atoms with Gasteiger partial charge in [0.2, 0.25) is 0 Å². The van der Waals surface area contributed by atoms with Gasteiger partial charge in [0, 0.05) is 18.7 Å². The first-order chi connectivity index (χ1) is 11.3. The summed E-state index contributed by atoms with van der Waals surface area (Å²) < 4.78 is 2.39. The first-order valence-electron chi connectivity index (χ1n) is 9.08. The van der Waals surface area contributed by atoms with Gasteiger partial charge in [-0.05, 0) is 64.4 Å². The van der Waals surface area contributed by atoms with Crippen molar-refractivity contribution >= 4 is 11.2 Å². The number of fused-ring (bicyclic) bond motifs is 1. The highest BCUT2D eigenvalue weighted by Crippen LogP contribution is 2.26. The number of likely N-dealkylation sites (N-methyl/N-ethyl adjacent to an activating group) is 1. The van der Waals surface area contributed by atoms with E-state index in [1.54, 1.807) is 0 Å². The van der Waals surface area contributed by atoms with Crippen LogP contribution in [0.3, 0.4) is 0 Å². The van der Waals surface area contributed by atoms with Crippen molar-refractivity contribution in [3.63, 3.8) is 0 Å². The summed E-state index contributed by atoms with van der Waals surface area (Å²) in [5, 5.41) is 3.67. The van der Waals surface area contributed by atoms with Crippen LogP contribution in [0.2, 0.25) is 0 Å². The van der Waals surface area contributed by atoms with E-state index in [-0.39, 0.29) is 0 Å². The van der Waals surface area contributed by atoms with Crippen LogP contribution in [0.5, 0.6) is 0 Å². The Bertz CT molecular complexity index is 658. The third-order valence-electron chi connectivity index (χ3n) is 5.46.